The van der Waals surface area contributed by atoms with E-state index in [0.717, 1.165) is 31.6 Å². The van der Waals surface area contributed by atoms with Crippen molar-refractivity contribution in [2.24, 2.45) is 5.92 Å². The van der Waals surface area contributed by atoms with Gasteiger partial charge >= 0.3 is 0 Å². The summed E-state index contributed by atoms with van der Waals surface area (Å²) in [5, 5.41) is 3.99. The van der Waals surface area contributed by atoms with Crippen molar-refractivity contribution in [3.63, 3.8) is 0 Å². The summed E-state index contributed by atoms with van der Waals surface area (Å²) in [7, 11) is 1.72. The molecule has 1 unspecified atom stereocenters. The molecule has 1 atom stereocenters. The number of aromatic nitrogens is 2. The number of methoxy groups -OCH3 is 1. The van der Waals surface area contributed by atoms with E-state index in [-0.39, 0.29) is 11.5 Å². The molecule has 1 aromatic heterocycles. The first kappa shape index (κ1) is 18.1. The van der Waals surface area contributed by atoms with Gasteiger partial charge in [0.05, 0.1) is 19.7 Å². The predicted octanol–water partition coefficient (Wildman–Crippen LogP) is 2.32. The van der Waals surface area contributed by atoms with Gasteiger partial charge in [-0.3, -0.25) is 4.79 Å². The van der Waals surface area contributed by atoms with Gasteiger partial charge in [-0.25, -0.2) is 0 Å². The number of carbonyl (C=O) groups excluding carboxylic acids is 1. The van der Waals surface area contributed by atoms with Gasteiger partial charge in [-0.2, -0.15) is 4.98 Å². The second-order valence-corrected chi connectivity index (χ2v) is 7.47. The number of likely N-dealkylation sites (tertiary alicyclic amines) is 1. The minimum absolute atomic E-state index is 0.115. The Morgan fingerprint density at radius 2 is 2.15 bits per heavy atom. The molecular weight excluding hydrogens is 346 g/mol. The molecule has 27 heavy (non-hydrogen) atoms. The highest BCUT2D eigenvalue weighted by Crippen LogP contribution is 2.39. The predicted molar refractivity (Wildman–Crippen MR) is 97.9 cm³/mol. The van der Waals surface area contributed by atoms with Crippen LogP contribution in [0.1, 0.15) is 25.2 Å². The van der Waals surface area contributed by atoms with Crippen LogP contribution in [0, 0.1) is 5.92 Å². The molecule has 0 N–H and O–H groups in total. The summed E-state index contributed by atoms with van der Waals surface area (Å²) < 4.78 is 16.4. The van der Waals surface area contributed by atoms with Crippen molar-refractivity contribution >= 4 is 5.91 Å². The van der Waals surface area contributed by atoms with Crippen molar-refractivity contribution in [1.82, 2.24) is 15.0 Å². The molecule has 3 heterocycles. The molecule has 7 nitrogen and oxygen atoms in total. The molecule has 144 valence electrons. The van der Waals surface area contributed by atoms with Crippen LogP contribution in [0.15, 0.2) is 34.9 Å². The fourth-order valence-corrected chi connectivity index (χ4v) is 3.89. The highest BCUT2D eigenvalue weighted by Gasteiger charge is 2.50. The molecular formula is C20H25N3O4. The molecule has 2 aromatic rings. The Balaban J connectivity index is 1.23. The molecule has 2 aliphatic heterocycles. The van der Waals surface area contributed by atoms with Crippen LogP contribution < -0.4 is 0 Å². The minimum atomic E-state index is -0.126. The van der Waals surface area contributed by atoms with E-state index in [2.05, 4.69) is 10.1 Å². The van der Waals surface area contributed by atoms with Crippen LogP contribution in [0.3, 0.4) is 0 Å². The Hall–Kier alpha value is -2.25. The van der Waals surface area contributed by atoms with Crippen LogP contribution in [0.25, 0.3) is 11.4 Å². The number of aryl methyl sites for hydroxylation is 1. The van der Waals surface area contributed by atoms with Gasteiger partial charge in [-0.05, 0) is 18.8 Å². The maximum atomic E-state index is 12.4. The zero-order valence-electron chi connectivity index (χ0n) is 15.6. The molecule has 0 bridgehead atoms. The van der Waals surface area contributed by atoms with E-state index in [1.807, 2.05) is 35.2 Å². The Morgan fingerprint density at radius 1 is 1.33 bits per heavy atom. The molecule has 2 saturated heterocycles. The summed E-state index contributed by atoms with van der Waals surface area (Å²) in [6, 6.07) is 9.66. The van der Waals surface area contributed by atoms with E-state index < -0.39 is 0 Å². The normalized spacial score (nSPS) is 20.8. The zero-order chi connectivity index (χ0) is 18.7. The van der Waals surface area contributed by atoms with Gasteiger partial charge in [-0.15, -0.1) is 0 Å². The van der Waals surface area contributed by atoms with E-state index in [1.54, 1.807) is 7.11 Å². The second kappa shape index (κ2) is 7.78. The first-order valence-electron chi connectivity index (χ1n) is 9.46. The van der Waals surface area contributed by atoms with E-state index >= 15 is 0 Å². The van der Waals surface area contributed by atoms with Gasteiger partial charge in [0.25, 0.3) is 0 Å². The third-order valence-electron chi connectivity index (χ3n) is 5.38. The standard InChI is InChI=1S/C20H25N3O4/c1-25-10-9-15-11-20(26-12-15)13-23(14-20)18(24)8-7-17-21-19(22-27-17)16-5-3-2-4-6-16/h2-6,15H,7-14H2,1H3. The summed E-state index contributed by atoms with van der Waals surface area (Å²) in [4.78, 5) is 18.7. The largest absolute Gasteiger partial charge is 0.385 e. The Labute approximate surface area is 158 Å². The summed E-state index contributed by atoms with van der Waals surface area (Å²) in [6.45, 7) is 2.92. The van der Waals surface area contributed by atoms with Crippen LogP contribution in [0.4, 0.5) is 0 Å². The van der Waals surface area contributed by atoms with Crippen LogP contribution in [-0.4, -0.2) is 60.0 Å². The Bertz CT molecular complexity index is 771. The quantitative estimate of drug-likeness (QED) is 0.743. The van der Waals surface area contributed by atoms with E-state index in [4.69, 9.17) is 14.0 Å². The molecule has 0 radical (unpaired) electrons. The maximum Gasteiger partial charge on any atom is 0.227 e. The fraction of sp³-hybridized carbons (Fsp3) is 0.550. The summed E-state index contributed by atoms with van der Waals surface area (Å²) >= 11 is 0. The Morgan fingerprint density at radius 3 is 2.93 bits per heavy atom. The molecule has 1 spiro atoms. The molecule has 1 amide bonds. The van der Waals surface area contributed by atoms with E-state index in [9.17, 15) is 4.79 Å². The van der Waals surface area contributed by atoms with Gasteiger partial charge in [-0.1, -0.05) is 35.5 Å². The van der Waals surface area contributed by atoms with Crippen molar-refractivity contribution in [2.75, 3.05) is 33.4 Å². The molecule has 7 heteroatoms. The monoisotopic (exact) mass is 371 g/mol. The average Bonchev–Trinajstić information content (AvgIpc) is 3.31. The van der Waals surface area contributed by atoms with Crippen LogP contribution in [0.5, 0.6) is 0 Å². The maximum absolute atomic E-state index is 12.4. The summed E-state index contributed by atoms with van der Waals surface area (Å²) in [5.74, 6) is 1.71. The average molecular weight is 371 g/mol. The lowest BCUT2D eigenvalue weighted by molar-refractivity contribution is -0.157. The fourth-order valence-electron chi connectivity index (χ4n) is 3.89. The topological polar surface area (TPSA) is 77.7 Å². The molecule has 4 rings (SSSR count). The van der Waals surface area contributed by atoms with Crippen LogP contribution in [0.2, 0.25) is 0 Å². The van der Waals surface area contributed by atoms with E-state index in [1.165, 1.54) is 0 Å². The Kier molecular flexibility index (Phi) is 5.22. The van der Waals surface area contributed by atoms with Crippen LogP contribution >= 0.6 is 0 Å². The summed E-state index contributed by atoms with van der Waals surface area (Å²) in [6.07, 6.45) is 2.87. The van der Waals surface area contributed by atoms with E-state index in [0.29, 0.717) is 43.6 Å². The third-order valence-corrected chi connectivity index (χ3v) is 5.38. The molecule has 2 fully saturated rings. The van der Waals surface area contributed by atoms with Gasteiger partial charge < -0.3 is 18.9 Å². The minimum Gasteiger partial charge on any atom is -0.385 e. The lowest BCUT2D eigenvalue weighted by Gasteiger charge is -2.47. The second-order valence-electron chi connectivity index (χ2n) is 7.47. The molecule has 0 aliphatic carbocycles. The SMILES string of the molecule is COCCC1COC2(C1)CN(C(=O)CCc1nc(-c3ccccc3)no1)C2. The number of hydrogen-bond acceptors (Lipinski definition) is 6. The lowest BCUT2D eigenvalue weighted by atomic mass is 9.86. The smallest absolute Gasteiger partial charge is 0.227 e. The highest BCUT2D eigenvalue weighted by molar-refractivity contribution is 5.77. The number of carbonyl (C=O) groups is 1. The van der Waals surface area contributed by atoms with Crippen LogP contribution in [-0.2, 0) is 20.7 Å². The first-order valence-corrected chi connectivity index (χ1v) is 9.46. The van der Waals surface area contributed by atoms with Gasteiger partial charge in [0.2, 0.25) is 17.6 Å². The number of hydrogen-bond donors (Lipinski definition) is 0. The third kappa shape index (κ3) is 4.04. The zero-order valence-corrected chi connectivity index (χ0v) is 15.6. The van der Waals surface area contributed by atoms with Gasteiger partial charge in [0.15, 0.2) is 0 Å². The number of nitrogens with zero attached hydrogens (tertiary/aromatic N) is 3. The number of rotatable bonds is 7. The van der Waals surface area contributed by atoms with Gasteiger partial charge in [0.1, 0.15) is 5.60 Å². The van der Waals surface area contributed by atoms with Crippen molar-refractivity contribution in [2.45, 2.75) is 31.3 Å². The number of ether oxygens (including phenoxy) is 2. The molecule has 1 aromatic carbocycles. The number of amides is 1. The molecule has 0 saturated carbocycles. The summed E-state index contributed by atoms with van der Waals surface area (Å²) in [5.41, 5.74) is 0.781. The number of benzene rings is 1. The lowest BCUT2D eigenvalue weighted by Crippen LogP contribution is -2.63. The van der Waals surface area contributed by atoms with Crippen molar-refractivity contribution < 1.29 is 18.8 Å². The van der Waals surface area contributed by atoms with Crippen molar-refractivity contribution in [3.05, 3.63) is 36.2 Å². The highest BCUT2D eigenvalue weighted by atomic mass is 16.5. The molecule has 2 aliphatic rings. The van der Waals surface area contributed by atoms with Crippen molar-refractivity contribution in [3.8, 4) is 11.4 Å². The van der Waals surface area contributed by atoms with Gasteiger partial charge in [0, 0.05) is 32.1 Å². The first-order chi connectivity index (χ1) is 13.2. The van der Waals surface area contributed by atoms with Crippen molar-refractivity contribution in [1.29, 1.82) is 0 Å².